The van der Waals surface area contributed by atoms with E-state index >= 15 is 0 Å². The minimum absolute atomic E-state index is 0.650. The molecular formula is C15H22BrN3O. The van der Waals surface area contributed by atoms with Gasteiger partial charge in [0.15, 0.2) is 0 Å². The molecule has 2 saturated heterocycles. The molecule has 0 radical (unpaired) electrons. The normalized spacial score (nSPS) is 24.9. The largest absolute Gasteiger partial charge is 0.379 e. The van der Waals surface area contributed by atoms with Gasteiger partial charge in [0.1, 0.15) is 5.82 Å². The van der Waals surface area contributed by atoms with Crippen LogP contribution in [0.5, 0.6) is 0 Å². The fourth-order valence-corrected chi connectivity index (χ4v) is 3.70. The van der Waals surface area contributed by atoms with Gasteiger partial charge in [-0.3, -0.25) is 4.90 Å². The number of aryl methyl sites for hydroxylation is 1. The van der Waals surface area contributed by atoms with Crippen LogP contribution >= 0.6 is 15.9 Å². The summed E-state index contributed by atoms with van der Waals surface area (Å²) in [4.78, 5) is 9.65. The highest BCUT2D eigenvalue weighted by Gasteiger charge is 2.27. The minimum atomic E-state index is 0.650. The lowest BCUT2D eigenvalue weighted by Gasteiger charge is -2.41. The van der Waals surface area contributed by atoms with E-state index in [0.717, 1.165) is 49.7 Å². The van der Waals surface area contributed by atoms with Crippen LogP contribution in [0.15, 0.2) is 16.7 Å². The molecule has 110 valence electrons. The number of aromatic nitrogens is 1. The predicted octanol–water partition coefficient (Wildman–Crippen LogP) is 2.45. The second-order valence-electron chi connectivity index (χ2n) is 5.68. The lowest BCUT2D eigenvalue weighted by Crippen LogP contribution is -2.51. The molecule has 0 aromatic carbocycles. The average molecular weight is 340 g/mol. The van der Waals surface area contributed by atoms with Crippen molar-refractivity contribution in [1.82, 2.24) is 9.88 Å². The lowest BCUT2D eigenvalue weighted by atomic mass is 10.0. The number of halogens is 1. The molecule has 20 heavy (non-hydrogen) atoms. The van der Waals surface area contributed by atoms with E-state index in [2.05, 4.69) is 43.7 Å². The van der Waals surface area contributed by atoms with Crippen LogP contribution in [0.3, 0.4) is 0 Å². The highest BCUT2D eigenvalue weighted by atomic mass is 79.9. The number of anilines is 1. The van der Waals surface area contributed by atoms with Gasteiger partial charge in [0, 0.05) is 42.9 Å². The number of hydrogen-bond acceptors (Lipinski definition) is 4. The van der Waals surface area contributed by atoms with Crippen molar-refractivity contribution in [3.63, 3.8) is 0 Å². The maximum Gasteiger partial charge on any atom is 0.131 e. The summed E-state index contributed by atoms with van der Waals surface area (Å²) in [7, 11) is 0. The summed E-state index contributed by atoms with van der Waals surface area (Å²) in [5, 5.41) is 0. The van der Waals surface area contributed by atoms with Crippen molar-refractivity contribution in [3.8, 4) is 0 Å². The van der Waals surface area contributed by atoms with Gasteiger partial charge >= 0.3 is 0 Å². The van der Waals surface area contributed by atoms with Crippen molar-refractivity contribution in [2.45, 2.75) is 25.8 Å². The molecule has 2 aliphatic heterocycles. The summed E-state index contributed by atoms with van der Waals surface area (Å²) in [5.74, 6) is 1.14. The van der Waals surface area contributed by atoms with Gasteiger partial charge in [-0.05, 0) is 47.3 Å². The first kappa shape index (κ1) is 14.3. The van der Waals surface area contributed by atoms with Gasteiger partial charge in [0.25, 0.3) is 0 Å². The Bertz CT molecular complexity index is 462. The van der Waals surface area contributed by atoms with E-state index < -0.39 is 0 Å². The fraction of sp³-hybridized carbons (Fsp3) is 0.667. The SMILES string of the molecule is Cc1cc(Br)cnc1N1CCCC(N2CCOCC2)C1. The monoisotopic (exact) mass is 339 g/mol. The predicted molar refractivity (Wildman–Crippen MR) is 84.3 cm³/mol. The molecule has 1 aromatic heterocycles. The summed E-state index contributed by atoms with van der Waals surface area (Å²) in [6.45, 7) is 8.27. The molecule has 0 bridgehead atoms. The zero-order valence-corrected chi connectivity index (χ0v) is 13.6. The van der Waals surface area contributed by atoms with E-state index in [1.165, 1.54) is 18.4 Å². The van der Waals surface area contributed by atoms with Crippen molar-refractivity contribution in [3.05, 3.63) is 22.3 Å². The lowest BCUT2D eigenvalue weighted by molar-refractivity contribution is 0.0137. The number of morpholine rings is 1. The zero-order chi connectivity index (χ0) is 13.9. The summed E-state index contributed by atoms with van der Waals surface area (Å²) >= 11 is 3.49. The average Bonchev–Trinajstić information content (AvgIpc) is 2.48. The minimum Gasteiger partial charge on any atom is -0.379 e. The fourth-order valence-electron chi connectivity index (χ4n) is 3.25. The molecule has 0 amide bonds. The van der Waals surface area contributed by atoms with E-state index in [4.69, 9.17) is 4.74 Å². The van der Waals surface area contributed by atoms with Crippen molar-refractivity contribution >= 4 is 21.7 Å². The van der Waals surface area contributed by atoms with Crippen LogP contribution in [0.1, 0.15) is 18.4 Å². The Morgan fingerprint density at radius 3 is 2.85 bits per heavy atom. The maximum absolute atomic E-state index is 5.46. The van der Waals surface area contributed by atoms with Crippen molar-refractivity contribution in [2.24, 2.45) is 0 Å². The summed E-state index contributed by atoms with van der Waals surface area (Å²) in [6.07, 6.45) is 4.45. The van der Waals surface area contributed by atoms with Crippen molar-refractivity contribution in [1.29, 1.82) is 0 Å². The first-order valence-electron chi connectivity index (χ1n) is 7.43. The van der Waals surface area contributed by atoms with Gasteiger partial charge in [-0.25, -0.2) is 4.98 Å². The summed E-state index contributed by atoms with van der Waals surface area (Å²) in [5.41, 5.74) is 1.25. The van der Waals surface area contributed by atoms with Crippen LogP contribution in [0.25, 0.3) is 0 Å². The Kier molecular flexibility index (Phi) is 4.58. The van der Waals surface area contributed by atoms with E-state index in [1.807, 2.05) is 6.20 Å². The van der Waals surface area contributed by atoms with Crippen LogP contribution in [0.4, 0.5) is 5.82 Å². The summed E-state index contributed by atoms with van der Waals surface area (Å²) in [6, 6.07) is 2.80. The second-order valence-corrected chi connectivity index (χ2v) is 6.60. The number of nitrogens with zero attached hydrogens (tertiary/aromatic N) is 3. The van der Waals surface area contributed by atoms with Gasteiger partial charge < -0.3 is 9.64 Å². The molecule has 4 nitrogen and oxygen atoms in total. The molecular weight excluding hydrogens is 318 g/mol. The standard InChI is InChI=1S/C15H22BrN3O/c1-12-9-13(16)10-17-15(12)19-4-2-3-14(11-19)18-5-7-20-8-6-18/h9-10,14H,2-8,11H2,1H3. The maximum atomic E-state index is 5.46. The third-order valence-electron chi connectivity index (χ3n) is 4.28. The van der Waals surface area contributed by atoms with Crippen molar-refractivity contribution < 1.29 is 4.74 Å². The van der Waals surface area contributed by atoms with Crippen LogP contribution in [0, 0.1) is 6.92 Å². The number of hydrogen-bond donors (Lipinski definition) is 0. The van der Waals surface area contributed by atoms with Gasteiger partial charge in [0.05, 0.1) is 13.2 Å². The first-order valence-corrected chi connectivity index (χ1v) is 8.22. The molecule has 1 atom stereocenters. The van der Waals surface area contributed by atoms with E-state index in [9.17, 15) is 0 Å². The quantitative estimate of drug-likeness (QED) is 0.827. The van der Waals surface area contributed by atoms with Gasteiger partial charge in [-0.2, -0.15) is 0 Å². The number of pyridine rings is 1. The molecule has 0 aliphatic carbocycles. The third-order valence-corrected chi connectivity index (χ3v) is 4.71. The molecule has 1 unspecified atom stereocenters. The highest BCUT2D eigenvalue weighted by Crippen LogP contribution is 2.25. The summed E-state index contributed by atoms with van der Waals surface area (Å²) < 4.78 is 6.52. The first-order chi connectivity index (χ1) is 9.74. The molecule has 2 aliphatic rings. The Morgan fingerprint density at radius 1 is 1.30 bits per heavy atom. The molecule has 0 spiro atoms. The highest BCUT2D eigenvalue weighted by molar-refractivity contribution is 9.10. The van der Waals surface area contributed by atoms with E-state index in [0.29, 0.717) is 6.04 Å². The Labute approximate surface area is 129 Å². The van der Waals surface area contributed by atoms with Gasteiger partial charge in [-0.1, -0.05) is 0 Å². The van der Waals surface area contributed by atoms with Crippen LogP contribution in [-0.2, 0) is 4.74 Å². The molecule has 3 rings (SSSR count). The van der Waals surface area contributed by atoms with E-state index in [-0.39, 0.29) is 0 Å². The smallest absolute Gasteiger partial charge is 0.131 e. The third kappa shape index (κ3) is 3.15. The molecule has 3 heterocycles. The van der Waals surface area contributed by atoms with Crippen molar-refractivity contribution in [2.75, 3.05) is 44.3 Å². The van der Waals surface area contributed by atoms with Gasteiger partial charge in [0.2, 0.25) is 0 Å². The number of ether oxygens (including phenoxy) is 1. The molecule has 1 aromatic rings. The Hall–Kier alpha value is -0.650. The van der Waals surface area contributed by atoms with Gasteiger partial charge in [-0.15, -0.1) is 0 Å². The second kappa shape index (κ2) is 6.41. The Morgan fingerprint density at radius 2 is 2.10 bits per heavy atom. The number of rotatable bonds is 2. The molecule has 2 fully saturated rings. The number of piperidine rings is 1. The topological polar surface area (TPSA) is 28.6 Å². The van der Waals surface area contributed by atoms with Crippen LogP contribution < -0.4 is 4.90 Å². The van der Waals surface area contributed by atoms with E-state index in [1.54, 1.807) is 0 Å². The zero-order valence-electron chi connectivity index (χ0n) is 12.0. The Balaban J connectivity index is 1.71. The van der Waals surface area contributed by atoms with Crippen LogP contribution in [0.2, 0.25) is 0 Å². The molecule has 0 saturated carbocycles. The molecule has 5 heteroatoms. The van der Waals surface area contributed by atoms with Crippen LogP contribution in [-0.4, -0.2) is 55.3 Å². The molecule has 0 N–H and O–H groups in total.